The Hall–Kier alpha value is -2.99. The maximum atomic E-state index is 12.9. The van der Waals surface area contributed by atoms with Gasteiger partial charge in [-0.25, -0.2) is 9.67 Å². The summed E-state index contributed by atoms with van der Waals surface area (Å²) in [4.78, 5) is 17.3. The van der Waals surface area contributed by atoms with E-state index in [9.17, 15) is 4.79 Å². The normalized spacial score (nSPS) is 12.2. The van der Waals surface area contributed by atoms with E-state index in [1.165, 1.54) is 5.56 Å². The number of carbonyl (C=O) groups is 1. The highest BCUT2D eigenvalue weighted by Crippen LogP contribution is 2.26. The number of nitrogens with zero attached hydrogens (tertiary/aromatic N) is 3. The summed E-state index contributed by atoms with van der Waals surface area (Å²) in [6.45, 7) is 8.58. The number of nitrogens with one attached hydrogen (secondary N) is 1. The van der Waals surface area contributed by atoms with Crippen molar-refractivity contribution in [3.05, 3.63) is 65.7 Å². The second-order valence-corrected chi connectivity index (χ2v) is 7.65. The SMILES string of the molecule is COC[C@@H](C)NC(=O)c1cc(-c2ccc(C)cc2)cc(-n2ncnc2C(C)C)c1. The van der Waals surface area contributed by atoms with E-state index >= 15 is 0 Å². The molecule has 0 radical (unpaired) electrons. The van der Waals surface area contributed by atoms with Gasteiger partial charge < -0.3 is 10.1 Å². The van der Waals surface area contributed by atoms with Crippen LogP contribution >= 0.6 is 0 Å². The standard InChI is InChI=1S/C23H28N4O2/c1-15(2)22-24-14-25-27(22)21-11-19(18-8-6-16(3)7-9-18)10-20(12-21)23(28)26-17(4)13-29-5/h6-12,14-15,17H,13H2,1-5H3,(H,26,28)/t17-/m1/s1. The van der Waals surface area contributed by atoms with Crippen LogP contribution in [0.3, 0.4) is 0 Å². The van der Waals surface area contributed by atoms with Gasteiger partial charge in [-0.2, -0.15) is 5.10 Å². The minimum absolute atomic E-state index is 0.0865. The first kappa shape index (κ1) is 20.7. The smallest absolute Gasteiger partial charge is 0.251 e. The molecule has 3 aromatic rings. The largest absolute Gasteiger partial charge is 0.383 e. The highest BCUT2D eigenvalue weighted by Gasteiger charge is 2.16. The number of amides is 1. The molecule has 0 saturated carbocycles. The maximum Gasteiger partial charge on any atom is 0.251 e. The van der Waals surface area contributed by atoms with Crippen LogP contribution in [0.2, 0.25) is 0 Å². The number of ether oxygens (including phenoxy) is 1. The summed E-state index contributed by atoms with van der Waals surface area (Å²) in [7, 11) is 1.62. The lowest BCUT2D eigenvalue weighted by molar-refractivity contribution is 0.0905. The van der Waals surface area contributed by atoms with E-state index in [4.69, 9.17) is 4.74 Å². The van der Waals surface area contributed by atoms with Gasteiger partial charge in [-0.15, -0.1) is 0 Å². The Kier molecular flexibility index (Phi) is 6.44. The number of rotatable bonds is 7. The molecular weight excluding hydrogens is 364 g/mol. The number of aromatic nitrogens is 3. The van der Waals surface area contributed by atoms with Gasteiger partial charge in [0.1, 0.15) is 12.2 Å². The highest BCUT2D eigenvalue weighted by molar-refractivity contribution is 5.96. The second kappa shape index (κ2) is 9.01. The number of carbonyl (C=O) groups excluding carboxylic acids is 1. The third-order valence-electron chi connectivity index (χ3n) is 4.69. The Morgan fingerprint density at radius 2 is 1.83 bits per heavy atom. The van der Waals surface area contributed by atoms with Crippen molar-refractivity contribution in [2.75, 3.05) is 13.7 Å². The highest BCUT2D eigenvalue weighted by atomic mass is 16.5. The summed E-state index contributed by atoms with van der Waals surface area (Å²) >= 11 is 0. The molecule has 6 nitrogen and oxygen atoms in total. The van der Waals surface area contributed by atoms with Crippen LogP contribution in [0.25, 0.3) is 16.8 Å². The van der Waals surface area contributed by atoms with E-state index in [0.29, 0.717) is 12.2 Å². The minimum atomic E-state index is -0.143. The molecule has 1 aromatic heterocycles. The third-order valence-corrected chi connectivity index (χ3v) is 4.69. The molecule has 0 bridgehead atoms. The molecule has 3 rings (SSSR count). The molecule has 2 aromatic carbocycles. The summed E-state index contributed by atoms with van der Waals surface area (Å²) in [6, 6.07) is 14.0. The summed E-state index contributed by atoms with van der Waals surface area (Å²) in [6.07, 6.45) is 1.55. The zero-order chi connectivity index (χ0) is 21.0. The Morgan fingerprint density at radius 1 is 1.10 bits per heavy atom. The first-order valence-corrected chi connectivity index (χ1v) is 9.81. The first-order valence-electron chi connectivity index (χ1n) is 9.81. The van der Waals surface area contributed by atoms with Gasteiger partial charge in [0.05, 0.1) is 12.3 Å². The fraction of sp³-hybridized carbons (Fsp3) is 0.348. The first-order chi connectivity index (χ1) is 13.9. The van der Waals surface area contributed by atoms with Gasteiger partial charge in [0.15, 0.2) is 0 Å². The van der Waals surface area contributed by atoms with Crippen molar-refractivity contribution in [1.82, 2.24) is 20.1 Å². The summed E-state index contributed by atoms with van der Waals surface area (Å²) in [5.41, 5.74) is 4.58. The molecule has 0 unspecified atom stereocenters. The van der Waals surface area contributed by atoms with Gasteiger partial charge in [-0.1, -0.05) is 43.7 Å². The van der Waals surface area contributed by atoms with Crippen LogP contribution in [0.1, 0.15) is 48.4 Å². The Balaban J connectivity index is 2.08. The third kappa shape index (κ3) is 4.90. The van der Waals surface area contributed by atoms with E-state index in [0.717, 1.165) is 22.6 Å². The molecular formula is C23H28N4O2. The topological polar surface area (TPSA) is 69.0 Å². The Morgan fingerprint density at radius 3 is 2.48 bits per heavy atom. The van der Waals surface area contributed by atoms with Crippen molar-refractivity contribution < 1.29 is 9.53 Å². The predicted molar refractivity (Wildman–Crippen MR) is 114 cm³/mol. The van der Waals surface area contributed by atoms with Gasteiger partial charge in [0.2, 0.25) is 0 Å². The van der Waals surface area contributed by atoms with Crippen LogP contribution in [0.4, 0.5) is 0 Å². The number of aryl methyl sites for hydroxylation is 1. The van der Waals surface area contributed by atoms with Crippen LogP contribution < -0.4 is 5.32 Å². The Labute approximate surface area is 171 Å². The Bertz CT molecular complexity index is 977. The lowest BCUT2D eigenvalue weighted by Crippen LogP contribution is -2.35. The molecule has 152 valence electrons. The molecule has 1 heterocycles. The summed E-state index contributed by atoms with van der Waals surface area (Å²) in [5.74, 6) is 0.917. The average Bonchev–Trinajstić information content (AvgIpc) is 3.18. The predicted octanol–water partition coefficient (Wildman–Crippen LogP) is 4.13. The van der Waals surface area contributed by atoms with Crippen molar-refractivity contribution in [3.8, 4) is 16.8 Å². The average molecular weight is 393 g/mol. The zero-order valence-corrected chi connectivity index (χ0v) is 17.6. The van der Waals surface area contributed by atoms with E-state index in [1.807, 2.05) is 25.1 Å². The molecule has 0 saturated heterocycles. The molecule has 0 spiro atoms. The van der Waals surface area contributed by atoms with E-state index in [1.54, 1.807) is 18.1 Å². The van der Waals surface area contributed by atoms with Crippen LogP contribution in [-0.4, -0.2) is 40.4 Å². The molecule has 1 atom stereocenters. The van der Waals surface area contributed by atoms with Crippen molar-refractivity contribution in [1.29, 1.82) is 0 Å². The van der Waals surface area contributed by atoms with Crippen LogP contribution in [-0.2, 0) is 4.74 Å². The number of methoxy groups -OCH3 is 1. The van der Waals surface area contributed by atoms with Crippen LogP contribution in [0, 0.1) is 6.92 Å². The fourth-order valence-corrected chi connectivity index (χ4v) is 3.22. The summed E-state index contributed by atoms with van der Waals surface area (Å²) in [5, 5.41) is 7.39. The number of hydrogen-bond donors (Lipinski definition) is 1. The molecule has 6 heteroatoms. The van der Waals surface area contributed by atoms with Crippen molar-refractivity contribution in [2.45, 2.75) is 39.7 Å². The minimum Gasteiger partial charge on any atom is -0.383 e. The van der Waals surface area contributed by atoms with Crippen LogP contribution in [0.15, 0.2) is 48.8 Å². The number of hydrogen-bond acceptors (Lipinski definition) is 4. The van der Waals surface area contributed by atoms with E-state index in [-0.39, 0.29) is 17.9 Å². The van der Waals surface area contributed by atoms with Crippen LogP contribution in [0.5, 0.6) is 0 Å². The molecule has 0 aliphatic rings. The lowest BCUT2D eigenvalue weighted by Gasteiger charge is -2.16. The van der Waals surface area contributed by atoms with Gasteiger partial charge in [-0.3, -0.25) is 4.79 Å². The maximum absolute atomic E-state index is 12.9. The van der Waals surface area contributed by atoms with Gasteiger partial charge in [-0.05, 0) is 43.2 Å². The molecule has 1 amide bonds. The van der Waals surface area contributed by atoms with E-state index in [2.05, 4.69) is 60.4 Å². The van der Waals surface area contributed by atoms with Gasteiger partial charge in [0.25, 0.3) is 5.91 Å². The molecule has 29 heavy (non-hydrogen) atoms. The second-order valence-electron chi connectivity index (χ2n) is 7.65. The molecule has 0 fully saturated rings. The monoisotopic (exact) mass is 392 g/mol. The fourth-order valence-electron chi connectivity index (χ4n) is 3.22. The quantitative estimate of drug-likeness (QED) is 0.656. The van der Waals surface area contributed by atoms with Gasteiger partial charge in [0, 0.05) is 24.6 Å². The lowest BCUT2D eigenvalue weighted by atomic mass is 10.0. The van der Waals surface area contributed by atoms with Crippen molar-refractivity contribution >= 4 is 5.91 Å². The number of benzene rings is 2. The zero-order valence-electron chi connectivity index (χ0n) is 17.6. The summed E-state index contributed by atoms with van der Waals surface area (Å²) < 4.78 is 6.94. The molecule has 1 N–H and O–H groups in total. The van der Waals surface area contributed by atoms with Gasteiger partial charge >= 0.3 is 0 Å². The van der Waals surface area contributed by atoms with Crippen molar-refractivity contribution in [3.63, 3.8) is 0 Å². The van der Waals surface area contributed by atoms with E-state index < -0.39 is 0 Å². The molecule has 0 aliphatic heterocycles. The molecule has 0 aliphatic carbocycles. The van der Waals surface area contributed by atoms with Crippen molar-refractivity contribution in [2.24, 2.45) is 0 Å².